The SMILES string of the molecule is OC1(CNCc2cnn(Cc3ccccc3C(F)(F)F)c2)Cc2ccccc2C1. The lowest BCUT2D eigenvalue weighted by molar-refractivity contribution is -0.138. The van der Waals surface area contributed by atoms with Gasteiger partial charge in [0.25, 0.3) is 0 Å². The molecule has 0 bridgehead atoms. The summed E-state index contributed by atoms with van der Waals surface area (Å²) in [6, 6.07) is 13.6. The number of hydrogen-bond donors (Lipinski definition) is 2. The molecule has 2 N–H and O–H groups in total. The third-order valence-corrected chi connectivity index (χ3v) is 5.28. The predicted molar refractivity (Wildman–Crippen MR) is 103 cm³/mol. The Labute approximate surface area is 167 Å². The first-order valence-corrected chi connectivity index (χ1v) is 9.49. The van der Waals surface area contributed by atoms with Gasteiger partial charge in [-0.2, -0.15) is 18.3 Å². The third kappa shape index (κ3) is 4.52. The van der Waals surface area contributed by atoms with E-state index in [2.05, 4.69) is 10.4 Å². The number of benzene rings is 2. The van der Waals surface area contributed by atoms with Crippen molar-refractivity contribution < 1.29 is 18.3 Å². The van der Waals surface area contributed by atoms with Crippen LogP contribution in [0.15, 0.2) is 60.9 Å². The summed E-state index contributed by atoms with van der Waals surface area (Å²) in [5.41, 5.74) is 1.93. The fraction of sp³-hybridized carbons (Fsp3) is 0.318. The summed E-state index contributed by atoms with van der Waals surface area (Å²) in [5, 5.41) is 18.2. The first-order chi connectivity index (χ1) is 13.8. The summed E-state index contributed by atoms with van der Waals surface area (Å²) in [5.74, 6) is 0. The van der Waals surface area contributed by atoms with Crippen LogP contribution in [0.2, 0.25) is 0 Å². The van der Waals surface area contributed by atoms with Gasteiger partial charge in [-0.1, -0.05) is 42.5 Å². The Balaban J connectivity index is 1.34. The highest BCUT2D eigenvalue weighted by Crippen LogP contribution is 2.32. The fourth-order valence-corrected chi connectivity index (χ4v) is 3.93. The Morgan fingerprint density at radius 1 is 1.03 bits per heavy atom. The van der Waals surface area contributed by atoms with Gasteiger partial charge in [-0.3, -0.25) is 4.68 Å². The van der Waals surface area contributed by atoms with E-state index in [1.165, 1.54) is 27.9 Å². The Kier molecular flexibility index (Phi) is 5.19. The molecule has 1 aliphatic carbocycles. The minimum atomic E-state index is -4.39. The summed E-state index contributed by atoms with van der Waals surface area (Å²) in [7, 11) is 0. The van der Waals surface area contributed by atoms with E-state index in [4.69, 9.17) is 0 Å². The van der Waals surface area contributed by atoms with Crippen molar-refractivity contribution in [2.75, 3.05) is 6.54 Å². The first-order valence-electron chi connectivity index (χ1n) is 9.49. The smallest absolute Gasteiger partial charge is 0.388 e. The second-order valence-corrected chi connectivity index (χ2v) is 7.65. The van der Waals surface area contributed by atoms with Crippen molar-refractivity contribution in [3.63, 3.8) is 0 Å². The van der Waals surface area contributed by atoms with Crippen molar-refractivity contribution in [3.8, 4) is 0 Å². The molecule has 3 aromatic rings. The number of rotatable bonds is 6. The maximum Gasteiger partial charge on any atom is 0.416 e. The molecule has 0 fully saturated rings. The molecule has 152 valence electrons. The lowest BCUT2D eigenvalue weighted by Crippen LogP contribution is -2.41. The van der Waals surface area contributed by atoms with Gasteiger partial charge in [-0.05, 0) is 22.8 Å². The second-order valence-electron chi connectivity index (χ2n) is 7.65. The van der Waals surface area contributed by atoms with Gasteiger partial charge in [0.2, 0.25) is 0 Å². The number of nitrogens with one attached hydrogen (secondary N) is 1. The Morgan fingerprint density at radius 2 is 1.69 bits per heavy atom. The van der Waals surface area contributed by atoms with E-state index in [0.29, 0.717) is 25.9 Å². The topological polar surface area (TPSA) is 50.1 Å². The van der Waals surface area contributed by atoms with Gasteiger partial charge < -0.3 is 10.4 Å². The van der Waals surface area contributed by atoms with Crippen LogP contribution in [-0.2, 0) is 32.1 Å². The third-order valence-electron chi connectivity index (χ3n) is 5.28. The molecule has 0 saturated carbocycles. The minimum absolute atomic E-state index is 0.0505. The van der Waals surface area contributed by atoms with Crippen LogP contribution in [0.4, 0.5) is 13.2 Å². The van der Waals surface area contributed by atoms with Crippen molar-refractivity contribution in [1.29, 1.82) is 0 Å². The quantitative estimate of drug-likeness (QED) is 0.664. The maximum absolute atomic E-state index is 13.1. The van der Waals surface area contributed by atoms with Gasteiger partial charge in [-0.15, -0.1) is 0 Å². The highest BCUT2D eigenvalue weighted by Gasteiger charge is 2.34. The number of hydrogen-bond acceptors (Lipinski definition) is 3. The molecule has 0 unspecified atom stereocenters. The fourth-order valence-electron chi connectivity index (χ4n) is 3.93. The monoisotopic (exact) mass is 401 g/mol. The molecule has 2 aromatic carbocycles. The van der Waals surface area contributed by atoms with Crippen LogP contribution in [0.1, 0.15) is 27.8 Å². The number of aromatic nitrogens is 2. The van der Waals surface area contributed by atoms with Crippen molar-refractivity contribution in [3.05, 3.63) is 88.7 Å². The summed E-state index contributed by atoms with van der Waals surface area (Å²) in [6.07, 6.45) is 0.208. The maximum atomic E-state index is 13.1. The van der Waals surface area contributed by atoms with Crippen LogP contribution in [-0.4, -0.2) is 27.0 Å². The van der Waals surface area contributed by atoms with E-state index >= 15 is 0 Å². The van der Waals surface area contributed by atoms with Crippen molar-refractivity contribution in [2.24, 2.45) is 0 Å². The highest BCUT2D eigenvalue weighted by atomic mass is 19.4. The number of halogens is 3. The van der Waals surface area contributed by atoms with Gasteiger partial charge in [0.15, 0.2) is 0 Å². The normalized spacial score (nSPS) is 15.4. The lowest BCUT2D eigenvalue weighted by atomic mass is 10.0. The standard InChI is InChI=1S/C22H22F3N3O/c23-22(24,25)20-8-4-3-7-19(20)14-28-13-16(12-27-28)11-26-15-21(29)9-17-5-1-2-6-18(17)10-21/h1-8,12-13,26,29H,9-11,14-15H2. The molecule has 0 spiro atoms. The van der Waals surface area contributed by atoms with Gasteiger partial charge in [-0.25, -0.2) is 0 Å². The molecule has 1 aromatic heterocycles. The summed E-state index contributed by atoms with van der Waals surface area (Å²) in [6.45, 7) is 0.971. The van der Waals surface area contributed by atoms with Crippen molar-refractivity contribution >= 4 is 0 Å². The molecule has 0 amide bonds. The van der Waals surface area contributed by atoms with Crippen LogP contribution >= 0.6 is 0 Å². The zero-order valence-corrected chi connectivity index (χ0v) is 15.8. The Bertz CT molecular complexity index is 972. The van der Waals surface area contributed by atoms with E-state index in [1.54, 1.807) is 18.5 Å². The predicted octanol–water partition coefficient (Wildman–Crippen LogP) is 3.57. The summed E-state index contributed by atoms with van der Waals surface area (Å²) < 4.78 is 40.9. The Morgan fingerprint density at radius 3 is 2.38 bits per heavy atom. The molecule has 0 saturated heterocycles. The van der Waals surface area contributed by atoms with Crippen LogP contribution < -0.4 is 5.32 Å². The molecular weight excluding hydrogens is 379 g/mol. The molecule has 0 aliphatic heterocycles. The van der Waals surface area contributed by atoms with Crippen molar-refractivity contribution in [2.45, 2.75) is 37.7 Å². The molecule has 4 rings (SSSR count). The zero-order chi connectivity index (χ0) is 20.5. The van der Waals surface area contributed by atoms with E-state index in [-0.39, 0.29) is 12.1 Å². The van der Waals surface area contributed by atoms with Gasteiger partial charge in [0.05, 0.1) is 23.9 Å². The number of nitrogens with zero attached hydrogens (tertiary/aromatic N) is 2. The van der Waals surface area contributed by atoms with E-state index < -0.39 is 17.3 Å². The minimum Gasteiger partial charge on any atom is -0.388 e. The second kappa shape index (κ2) is 7.65. The molecule has 29 heavy (non-hydrogen) atoms. The number of aliphatic hydroxyl groups is 1. The largest absolute Gasteiger partial charge is 0.416 e. The van der Waals surface area contributed by atoms with E-state index in [0.717, 1.165) is 11.6 Å². The van der Waals surface area contributed by atoms with Crippen LogP contribution in [0.5, 0.6) is 0 Å². The average Bonchev–Trinajstić information content (AvgIpc) is 3.24. The molecule has 0 atom stereocenters. The molecule has 0 radical (unpaired) electrons. The zero-order valence-electron chi connectivity index (χ0n) is 15.8. The van der Waals surface area contributed by atoms with E-state index in [1.807, 2.05) is 24.3 Å². The first kappa shape index (κ1) is 19.7. The molecule has 1 heterocycles. The Hall–Kier alpha value is -2.64. The van der Waals surface area contributed by atoms with Crippen LogP contribution in [0.3, 0.4) is 0 Å². The van der Waals surface area contributed by atoms with Crippen LogP contribution in [0.25, 0.3) is 0 Å². The highest BCUT2D eigenvalue weighted by molar-refractivity contribution is 5.35. The summed E-state index contributed by atoms with van der Waals surface area (Å²) >= 11 is 0. The van der Waals surface area contributed by atoms with Crippen LogP contribution in [0, 0.1) is 0 Å². The molecule has 4 nitrogen and oxygen atoms in total. The number of alkyl halides is 3. The summed E-state index contributed by atoms with van der Waals surface area (Å²) in [4.78, 5) is 0. The molecule has 1 aliphatic rings. The molecule has 7 heteroatoms. The van der Waals surface area contributed by atoms with Gasteiger partial charge in [0.1, 0.15) is 0 Å². The lowest BCUT2D eigenvalue weighted by Gasteiger charge is -2.22. The number of fused-ring (bicyclic) bond motifs is 1. The molecular formula is C22H22F3N3O. The van der Waals surface area contributed by atoms with Gasteiger partial charge in [0, 0.05) is 37.7 Å². The average molecular weight is 401 g/mol. The van der Waals surface area contributed by atoms with E-state index in [9.17, 15) is 18.3 Å². The van der Waals surface area contributed by atoms with Crippen molar-refractivity contribution in [1.82, 2.24) is 15.1 Å². The van der Waals surface area contributed by atoms with Gasteiger partial charge >= 0.3 is 6.18 Å².